The molecule has 12 nitrogen and oxygen atoms in total. The van der Waals surface area contributed by atoms with Crippen LogP contribution in [0.4, 0.5) is 23.7 Å². The van der Waals surface area contributed by atoms with Crippen molar-refractivity contribution in [2.75, 3.05) is 18.5 Å². The Labute approximate surface area is 496 Å². The second kappa shape index (κ2) is 27.9. The minimum Gasteiger partial charge on any atom is -0.491 e. The fraction of sp³-hybridized carbons (Fsp3) is 0.569. The van der Waals surface area contributed by atoms with Crippen LogP contribution in [0.15, 0.2) is 109 Å². The molecule has 1 fully saturated rings. The Hall–Kier alpha value is -5.12. The molecule has 18 heteroatoms. The molecule has 4 aromatic rings. The van der Waals surface area contributed by atoms with Crippen LogP contribution < -0.4 is 15.4 Å². The van der Waals surface area contributed by atoms with Gasteiger partial charge in [0.05, 0.1) is 29.8 Å². The molecule has 1 aliphatic rings. The summed E-state index contributed by atoms with van der Waals surface area (Å²) in [6, 6.07) is 19.6. The second-order valence-electron chi connectivity index (χ2n) is 27.8. The maximum Gasteiger partial charge on any atom is 0.416 e. The highest BCUT2D eigenvalue weighted by Crippen LogP contribution is 2.48. The monoisotopic (exact) mass is 1200 g/mol. The molecule has 1 saturated carbocycles. The highest BCUT2D eigenvalue weighted by Gasteiger charge is 2.51. The number of hydrogen-bond acceptors (Lipinski definition) is 10. The number of nitrogens with zero attached hydrogens (tertiary/aromatic N) is 1. The number of nitrogens with one attached hydrogen (secondary N) is 2. The van der Waals surface area contributed by atoms with Gasteiger partial charge < -0.3 is 38.1 Å². The van der Waals surface area contributed by atoms with Crippen molar-refractivity contribution in [2.45, 2.75) is 212 Å². The van der Waals surface area contributed by atoms with Gasteiger partial charge in [0.2, 0.25) is 5.91 Å². The maximum absolute atomic E-state index is 13.8. The maximum atomic E-state index is 13.8. The second-order valence-corrected chi connectivity index (χ2v) is 42.1. The fourth-order valence-corrected chi connectivity index (χ4v) is 13.0. The summed E-state index contributed by atoms with van der Waals surface area (Å²) in [6.07, 6.45) is 8.94. The number of benzene rings is 3. The number of alkyl carbamates (subject to hydrolysis) is 1. The van der Waals surface area contributed by atoms with Crippen molar-refractivity contribution in [1.29, 1.82) is 0 Å². The van der Waals surface area contributed by atoms with Crippen LogP contribution in [0.2, 0.25) is 54.4 Å². The number of alkyl halides is 3. The smallest absolute Gasteiger partial charge is 0.416 e. The van der Waals surface area contributed by atoms with E-state index in [1.807, 2.05) is 36.4 Å². The average Bonchev–Trinajstić information content (AvgIpc) is 3.31. The van der Waals surface area contributed by atoms with Gasteiger partial charge in [0.15, 0.2) is 25.0 Å². The number of fused-ring (bicyclic) bond motifs is 1. The molecule has 2 N–H and O–H groups in total. The van der Waals surface area contributed by atoms with Gasteiger partial charge in [-0.1, -0.05) is 123 Å². The largest absolute Gasteiger partial charge is 0.491 e. The summed E-state index contributed by atoms with van der Waals surface area (Å²) >= 11 is 0. The molecule has 3 aromatic carbocycles. The topological polar surface area (TPSA) is 144 Å². The highest BCUT2D eigenvalue weighted by molar-refractivity contribution is 6.75. The lowest BCUT2D eigenvalue weighted by atomic mass is 9.89. The zero-order valence-electron chi connectivity index (χ0n) is 52.8. The van der Waals surface area contributed by atoms with Gasteiger partial charge in [0, 0.05) is 42.4 Å². The number of aromatic nitrogens is 1. The van der Waals surface area contributed by atoms with Gasteiger partial charge in [-0.2, -0.15) is 13.2 Å². The lowest BCUT2D eigenvalue weighted by molar-refractivity contribution is -0.145. The van der Waals surface area contributed by atoms with Crippen LogP contribution in [0.5, 0.6) is 5.75 Å². The molecular formula is C65H96F3N3O9Si3. The van der Waals surface area contributed by atoms with Crippen LogP contribution in [0.3, 0.4) is 0 Å². The lowest BCUT2D eigenvalue weighted by Crippen LogP contribution is -2.45. The number of esters is 1. The van der Waals surface area contributed by atoms with Gasteiger partial charge in [-0.15, -0.1) is 0 Å². The first kappa shape index (κ1) is 68.7. The third kappa shape index (κ3) is 20.5. The summed E-state index contributed by atoms with van der Waals surface area (Å²) in [5, 5.41) is 7.36. The number of hydrogen-bond donors (Lipinski definition) is 2. The first-order valence-electron chi connectivity index (χ1n) is 29.3. The van der Waals surface area contributed by atoms with E-state index in [0.717, 1.165) is 28.5 Å². The predicted octanol–water partition coefficient (Wildman–Crippen LogP) is 17.1. The van der Waals surface area contributed by atoms with Gasteiger partial charge >= 0.3 is 18.2 Å². The number of anilines is 1. The normalized spacial score (nSPS) is 18.6. The number of rotatable bonds is 24. The van der Waals surface area contributed by atoms with E-state index in [1.54, 1.807) is 51.4 Å². The van der Waals surface area contributed by atoms with E-state index in [9.17, 15) is 27.6 Å². The number of ether oxygens (including phenoxy) is 3. The van der Waals surface area contributed by atoms with Crippen LogP contribution >= 0.6 is 0 Å². The van der Waals surface area contributed by atoms with E-state index in [-0.39, 0.29) is 83.0 Å². The number of carbonyl (C=O) groups is 3. The van der Waals surface area contributed by atoms with E-state index in [2.05, 4.69) is 142 Å². The van der Waals surface area contributed by atoms with Crippen molar-refractivity contribution >= 4 is 59.4 Å². The molecule has 0 aliphatic heterocycles. The third-order valence-electron chi connectivity index (χ3n) is 16.9. The third-order valence-corrected chi connectivity index (χ3v) is 30.4. The first-order valence-corrected chi connectivity index (χ1v) is 38.0. The van der Waals surface area contributed by atoms with E-state index < -0.39 is 60.4 Å². The molecule has 2 amide bonds. The standard InChI is InChI=1S/C65H96F3N3O9Si3/c1-61(2,3)77-60(74)70-42-55(59(73)71-50-33-32-48-41-69-37-36-47(48)38-50)46-30-28-45(29-31-46)43-76-58(72)27-22-20-19-21-26-53-54(57(80-83(17,18)64(10,11)12)40-56(53)79-82(15,16)63(7,8)9)35-34-52(78-81(13,14)62(4,5)6)44-75-51-25-23-24-49(39-51)65(66,67)68/h19,21,23-25,28-39,41,52-57H,20,22,26-27,40,42-44H2,1-18H3,(H,70,74)(H,71,73)/t52-,53-,54+,55?,56-,57-/m1/s1. The van der Waals surface area contributed by atoms with Crippen molar-refractivity contribution < 1.29 is 55.0 Å². The minimum atomic E-state index is -4.51. The van der Waals surface area contributed by atoms with E-state index in [4.69, 9.17) is 27.5 Å². The van der Waals surface area contributed by atoms with Gasteiger partial charge in [-0.05, 0) is 160 Å². The zero-order valence-corrected chi connectivity index (χ0v) is 55.8. The lowest BCUT2D eigenvalue weighted by Gasteiger charge is -2.40. The Morgan fingerprint density at radius 1 is 0.747 bits per heavy atom. The fourth-order valence-electron chi connectivity index (χ4n) is 8.98. The number of allylic oxidation sites excluding steroid dienone is 2. The number of pyridine rings is 1. The van der Waals surface area contributed by atoms with Crippen LogP contribution in [-0.4, -0.2) is 85.0 Å². The van der Waals surface area contributed by atoms with Gasteiger partial charge in [0.25, 0.3) is 0 Å². The number of carbonyl (C=O) groups excluding carboxylic acids is 3. The molecule has 6 atom stereocenters. The van der Waals surface area contributed by atoms with Crippen LogP contribution in [0.1, 0.15) is 138 Å². The Kier molecular flexibility index (Phi) is 23.1. The number of unbranched alkanes of at least 4 members (excludes halogenated alkanes) is 1. The molecule has 0 radical (unpaired) electrons. The summed E-state index contributed by atoms with van der Waals surface area (Å²) in [4.78, 5) is 43.8. The minimum absolute atomic E-state index is 0.0163. The Balaban J connectivity index is 1.30. The van der Waals surface area contributed by atoms with Crippen molar-refractivity contribution in [1.82, 2.24) is 10.3 Å². The molecule has 83 heavy (non-hydrogen) atoms. The molecule has 0 bridgehead atoms. The summed E-state index contributed by atoms with van der Waals surface area (Å²) < 4.78 is 80.3. The molecule has 0 spiro atoms. The van der Waals surface area contributed by atoms with Crippen LogP contribution in [0.25, 0.3) is 10.8 Å². The molecule has 0 saturated heterocycles. The molecule has 5 rings (SSSR count). The summed E-state index contributed by atoms with van der Waals surface area (Å²) in [5.74, 6) is -1.35. The Morgan fingerprint density at radius 3 is 2.00 bits per heavy atom. The molecule has 458 valence electrons. The molecule has 1 heterocycles. The zero-order chi connectivity index (χ0) is 62.0. The van der Waals surface area contributed by atoms with E-state index >= 15 is 0 Å². The summed E-state index contributed by atoms with van der Waals surface area (Å²) in [7, 11) is -7.01. The SMILES string of the molecule is CC(C)(C)OC(=O)NCC(C(=O)Nc1ccc2cnccc2c1)c1ccc(COC(=O)CCCC=CC[C@@H]2[C@H](C=C[C@H](COc3cccc(C(F)(F)F)c3)O[Si](C)(C)C(C)(C)C)[C@H](O[Si](C)(C)C(C)(C)C)C[C@H]2O[Si](C)(C)C(C)(C)C)cc1. The van der Waals surface area contributed by atoms with Gasteiger partial charge in [0.1, 0.15) is 24.6 Å². The van der Waals surface area contributed by atoms with Gasteiger partial charge in [-0.25, -0.2) is 4.79 Å². The first-order chi connectivity index (χ1) is 38.2. The Bertz CT molecular complexity index is 2850. The van der Waals surface area contributed by atoms with Crippen molar-refractivity contribution in [3.8, 4) is 5.75 Å². The summed E-state index contributed by atoms with van der Waals surface area (Å²) in [6.45, 7) is 38.8. The van der Waals surface area contributed by atoms with Crippen molar-refractivity contribution in [2.24, 2.45) is 11.8 Å². The van der Waals surface area contributed by atoms with Crippen molar-refractivity contribution in [3.05, 3.63) is 126 Å². The Morgan fingerprint density at radius 2 is 1.39 bits per heavy atom. The average molecular weight is 1200 g/mol. The predicted molar refractivity (Wildman–Crippen MR) is 335 cm³/mol. The van der Waals surface area contributed by atoms with Crippen molar-refractivity contribution in [3.63, 3.8) is 0 Å². The quantitative estimate of drug-likeness (QED) is 0.0301. The van der Waals surface area contributed by atoms with E-state index in [0.29, 0.717) is 36.9 Å². The van der Waals surface area contributed by atoms with Crippen LogP contribution in [0, 0.1) is 11.8 Å². The molecule has 1 aromatic heterocycles. The number of amides is 2. The van der Waals surface area contributed by atoms with Crippen LogP contribution in [-0.2, 0) is 45.1 Å². The highest BCUT2D eigenvalue weighted by atomic mass is 28.4. The summed E-state index contributed by atoms with van der Waals surface area (Å²) in [5.41, 5.74) is 0.516. The number of halogens is 3. The van der Waals surface area contributed by atoms with E-state index in [1.165, 1.54) is 6.07 Å². The molecule has 1 aliphatic carbocycles. The van der Waals surface area contributed by atoms with Gasteiger partial charge in [-0.3, -0.25) is 14.6 Å². The molecule has 1 unspecified atom stereocenters. The molecular weight excluding hydrogens is 1110 g/mol.